The van der Waals surface area contributed by atoms with Crippen molar-refractivity contribution >= 4 is 17.3 Å². The molecule has 1 atom stereocenters. The molecule has 2 N–H and O–H groups in total. The number of carbonyl (C=O) groups is 1. The van der Waals surface area contributed by atoms with Crippen LogP contribution in [-0.2, 0) is 0 Å². The molecule has 1 aliphatic rings. The number of imidazole rings is 1. The topological polar surface area (TPSA) is 75.9 Å². The monoisotopic (exact) mass is 351 g/mol. The van der Waals surface area contributed by atoms with E-state index in [9.17, 15) is 9.90 Å². The van der Waals surface area contributed by atoms with E-state index in [0.29, 0.717) is 6.61 Å². The van der Waals surface area contributed by atoms with E-state index in [4.69, 9.17) is 4.74 Å². The number of fused-ring (bicyclic) bond motifs is 2. The first-order valence-electron chi connectivity index (χ1n) is 8.67. The van der Waals surface area contributed by atoms with E-state index >= 15 is 0 Å². The maximum atomic E-state index is 11.6. The van der Waals surface area contributed by atoms with E-state index in [0.717, 1.165) is 46.0 Å². The third-order valence-corrected chi connectivity index (χ3v) is 5.07. The summed E-state index contributed by atoms with van der Waals surface area (Å²) in [4.78, 5) is 16.2. The predicted molar refractivity (Wildman–Crippen MR) is 99.3 cm³/mol. The first-order chi connectivity index (χ1) is 12.5. The van der Waals surface area contributed by atoms with Gasteiger partial charge in [0.1, 0.15) is 5.75 Å². The number of hydrogen-bond donors (Lipinski definition) is 2. The number of aryl methyl sites for hydroxylation is 3. The summed E-state index contributed by atoms with van der Waals surface area (Å²) in [6.45, 7) is 6.56. The van der Waals surface area contributed by atoms with Gasteiger partial charge in [-0.3, -0.25) is 0 Å². The molecule has 1 unspecified atom stereocenters. The molecule has 0 fully saturated rings. The molecule has 134 valence electrons. The summed E-state index contributed by atoms with van der Waals surface area (Å²) in [6, 6.07) is 7.74. The Morgan fingerprint density at radius 1 is 1.35 bits per heavy atom. The molecule has 1 aromatic carbocycles. The summed E-state index contributed by atoms with van der Waals surface area (Å²) < 4.78 is 7.64. The van der Waals surface area contributed by atoms with Crippen molar-refractivity contribution in [2.75, 3.05) is 11.9 Å². The quantitative estimate of drug-likeness (QED) is 0.749. The van der Waals surface area contributed by atoms with Gasteiger partial charge in [0.2, 0.25) is 0 Å². The van der Waals surface area contributed by atoms with Gasteiger partial charge in [0, 0.05) is 23.9 Å². The summed E-state index contributed by atoms with van der Waals surface area (Å²) in [7, 11) is 0. The van der Waals surface area contributed by atoms with Crippen molar-refractivity contribution in [3.63, 3.8) is 0 Å². The number of pyridine rings is 1. The second-order valence-corrected chi connectivity index (χ2v) is 6.74. The van der Waals surface area contributed by atoms with Crippen LogP contribution in [0.4, 0.5) is 5.69 Å². The SMILES string of the molecule is Cc1cccc2c1C(Nc1cc(C(=O)O)cn3c(C)c(C)nc13)CCO2. The molecule has 6 nitrogen and oxygen atoms in total. The van der Waals surface area contributed by atoms with Crippen LogP contribution in [0.5, 0.6) is 5.75 Å². The number of ether oxygens (including phenoxy) is 1. The van der Waals surface area contributed by atoms with Gasteiger partial charge >= 0.3 is 5.97 Å². The smallest absolute Gasteiger partial charge is 0.337 e. The van der Waals surface area contributed by atoms with Crippen molar-refractivity contribution in [1.29, 1.82) is 0 Å². The Balaban J connectivity index is 1.84. The molecular formula is C20H21N3O3. The lowest BCUT2D eigenvalue weighted by Gasteiger charge is -2.29. The fourth-order valence-corrected chi connectivity index (χ4v) is 3.58. The van der Waals surface area contributed by atoms with E-state index in [2.05, 4.69) is 23.3 Å². The maximum Gasteiger partial charge on any atom is 0.337 e. The zero-order valence-corrected chi connectivity index (χ0v) is 15.0. The van der Waals surface area contributed by atoms with Crippen LogP contribution in [-0.4, -0.2) is 27.1 Å². The number of nitrogens with zero attached hydrogens (tertiary/aromatic N) is 2. The van der Waals surface area contributed by atoms with E-state index in [1.54, 1.807) is 12.3 Å². The summed E-state index contributed by atoms with van der Waals surface area (Å²) >= 11 is 0. The Bertz CT molecular complexity index is 1020. The molecular weight excluding hydrogens is 330 g/mol. The molecule has 2 aromatic heterocycles. The molecule has 6 heteroatoms. The number of benzene rings is 1. The van der Waals surface area contributed by atoms with Gasteiger partial charge in [-0.15, -0.1) is 0 Å². The van der Waals surface area contributed by atoms with E-state index in [-0.39, 0.29) is 11.6 Å². The molecule has 0 radical (unpaired) electrons. The highest BCUT2D eigenvalue weighted by molar-refractivity contribution is 5.90. The standard InChI is InChI=1S/C20H21N3O3/c1-11-5-4-6-17-18(11)15(7-8-26-17)22-16-9-14(20(24)25)10-23-13(3)12(2)21-19(16)23/h4-6,9-10,15,22H,7-8H2,1-3H3,(H,24,25). The van der Waals surface area contributed by atoms with Crippen LogP contribution in [0.25, 0.3) is 5.65 Å². The molecule has 0 bridgehead atoms. The van der Waals surface area contributed by atoms with Crippen molar-refractivity contribution in [3.8, 4) is 5.75 Å². The average molecular weight is 351 g/mol. The lowest BCUT2D eigenvalue weighted by Crippen LogP contribution is -2.22. The highest BCUT2D eigenvalue weighted by Crippen LogP contribution is 2.37. The molecule has 26 heavy (non-hydrogen) atoms. The zero-order valence-electron chi connectivity index (χ0n) is 15.0. The van der Waals surface area contributed by atoms with Gasteiger partial charge < -0.3 is 19.6 Å². The summed E-state index contributed by atoms with van der Waals surface area (Å²) in [6.07, 6.45) is 2.43. The minimum absolute atomic E-state index is 0.0464. The number of aromatic nitrogens is 2. The largest absolute Gasteiger partial charge is 0.493 e. The molecule has 0 saturated heterocycles. The Hall–Kier alpha value is -3.02. The van der Waals surface area contributed by atoms with Gasteiger partial charge in [0.05, 0.1) is 29.6 Å². The van der Waals surface area contributed by atoms with E-state index < -0.39 is 5.97 Å². The second-order valence-electron chi connectivity index (χ2n) is 6.74. The first kappa shape index (κ1) is 16.4. The molecule has 0 spiro atoms. The lowest BCUT2D eigenvalue weighted by atomic mass is 9.95. The minimum atomic E-state index is -0.954. The molecule has 4 rings (SSSR count). The third kappa shape index (κ3) is 2.58. The number of nitrogens with one attached hydrogen (secondary N) is 1. The number of hydrogen-bond acceptors (Lipinski definition) is 4. The maximum absolute atomic E-state index is 11.6. The average Bonchev–Trinajstić information content (AvgIpc) is 2.90. The van der Waals surface area contributed by atoms with Crippen molar-refractivity contribution in [1.82, 2.24) is 9.38 Å². The van der Waals surface area contributed by atoms with Crippen LogP contribution in [0.1, 0.15) is 45.3 Å². The van der Waals surface area contributed by atoms with Crippen molar-refractivity contribution in [2.24, 2.45) is 0 Å². The highest BCUT2D eigenvalue weighted by Gasteiger charge is 2.25. The van der Waals surface area contributed by atoms with Gasteiger partial charge in [-0.05, 0) is 38.5 Å². The van der Waals surface area contributed by atoms with Crippen LogP contribution in [0, 0.1) is 20.8 Å². The molecule has 0 amide bonds. The molecule has 0 saturated carbocycles. The van der Waals surface area contributed by atoms with Gasteiger partial charge in [-0.1, -0.05) is 12.1 Å². The number of aromatic carboxylic acids is 1. The number of rotatable bonds is 3. The fourth-order valence-electron chi connectivity index (χ4n) is 3.58. The summed E-state index contributed by atoms with van der Waals surface area (Å²) in [5, 5.41) is 13.0. The molecule has 3 aromatic rings. The molecule has 3 heterocycles. The zero-order chi connectivity index (χ0) is 18.4. The van der Waals surface area contributed by atoms with Crippen molar-refractivity contribution in [2.45, 2.75) is 33.2 Å². The lowest BCUT2D eigenvalue weighted by molar-refractivity contribution is 0.0696. The Labute approximate surface area is 151 Å². The predicted octanol–water partition coefficient (Wildman–Crippen LogP) is 3.89. The molecule has 1 aliphatic heterocycles. The number of anilines is 1. The normalized spacial score (nSPS) is 16.2. The second kappa shape index (κ2) is 6.05. The van der Waals surface area contributed by atoms with Crippen molar-refractivity contribution < 1.29 is 14.6 Å². The fraction of sp³-hybridized carbons (Fsp3) is 0.300. The van der Waals surface area contributed by atoms with Crippen LogP contribution < -0.4 is 10.1 Å². The van der Waals surface area contributed by atoms with Gasteiger partial charge in [-0.2, -0.15) is 0 Å². The molecule has 0 aliphatic carbocycles. The number of carboxylic acid groups (broad SMARTS) is 1. The van der Waals surface area contributed by atoms with Crippen LogP contribution in [0.3, 0.4) is 0 Å². The number of carboxylic acids is 1. The summed E-state index contributed by atoms with van der Waals surface area (Å²) in [5.41, 5.74) is 5.80. The summed E-state index contributed by atoms with van der Waals surface area (Å²) in [5.74, 6) is -0.0703. The van der Waals surface area contributed by atoms with E-state index in [1.165, 1.54) is 0 Å². The Morgan fingerprint density at radius 2 is 2.15 bits per heavy atom. The third-order valence-electron chi connectivity index (χ3n) is 5.07. The Kier molecular flexibility index (Phi) is 3.83. The van der Waals surface area contributed by atoms with Crippen LogP contribution in [0.2, 0.25) is 0 Å². The minimum Gasteiger partial charge on any atom is -0.493 e. The van der Waals surface area contributed by atoms with Gasteiger partial charge in [-0.25, -0.2) is 9.78 Å². The highest BCUT2D eigenvalue weighted by atomic mass is 16.5. The van der Waals surface area contributed by atoms with Crippen LogP contribution in [0.15, 0.2) is 30.5 Å². The first-order valence-corrected chi connectivity index (χ1v) is 8.67. The van der Waals surface area contributed by atoms with Crippen LogP contribution >= 0.6 is 0 Å². The van der Waals surface area contributed by atoms with Crippen molar-refractivity contribution in [3.05, 3.63) is 58.5 Å². The van der Waals surface area contributed by atoms with Gasteiger partial charge in [0.15, 0.2) is 5.65 Å². The van der Waals surface area contributed by atoms with Gasteiger partial charge in [0.25, 0.3) is 0 Å². The Morgan fingerprint density at radius 3 is 2.92 bits per heavy atom. The van der Waals surface area contributed by atoms with E-state index in [1.807, 2.05) is 30.4 Å².